The van der Waals surface area contributed by atoms with Crippen molar-refractivity contribution in [3.8, 4) is 43.4 Å². The molecule has 1 saturated carbocycles. The van der Waals surface area contributed by atoms with Gasteiger partial charge in [0.05, 0.1) is 48.1 Å². The van der Waals surface area contributed by atoms with Gasteiger partial charge in [0.15, 0.2) is 0 Å². The predicted molar refractivity (Wildman–Crippen MR) is 332 cm³/mol. The number of nitrogens with zero attached hydrogens (tertiary/aromatic N) is 8. The molecule has 7 aromatic heterocycles. The molecular weight excluding hydrogens is 1270 g/mol. The number of aliphatic carboxylic acids is 2. The molecule has 0 spiro atoms. The largest absolute Gasteiger partial charge is 0.481 e. The van der Waals surface area contributed by atoms with Gasteiger partial charge in [-0.05, 0) is 49.8 Å². The number of carboxylic acid groups (broad SMARTS) is 2. The Kier molecular flexibility index (Phi) is 20.0. The van der Waals surface area contributed by atoms with Crippen LogP contribution in [0.4, 0.5) is 10.6 Å². The predicted octanol–water partition coefficient (Wildman–Crippen LogP) is 7.98. The zero-order valence-corrected chi connectivity index (χ0v) is 52.9. The van der Waals surface area contributed by atoms with E-state index in [2.05, 4.69) is 36.6 Å². The molecule has 10 bridgehead atoms. The van der Waals surface area contributed by atoms with Gasteiger partial charge in [-0.1, -0.05) is 44.2 Å². The van der Waals surface area contributed by atoms with Crippen LogP contribution in [0.1, 0.15) is 132 Å². The van der Waals surface area contributed by atoms with Gasteiger partial charge in [-0.25, -0.2) is 39.7 Å². The average molecular weight is 1320 g/mol. The molecule has 8 N–H and O–H groups in total. The van der Waals surface area contributed by atoms with Gasteiger partial charge in [0, 0.05) is 59.1 Å². The van der Waals surface area contributed by atoms with Crippen molar-refractivity contribution in [2.24, 2.45) is 11.8 Å². The molecule has 1 aliphatic carbocycles. The van der Waals surface area contributed by atoms with E-state index >= 15 is 0 Å². The Hall–Kier alpha value is -8.37. The lowest BCUT2D eigenvalue weighted by Gasteiger charge is -2.33. The van der Waals surface area contributed by atoms with Crippen molar-refractivity contribution < 1.29 is 63.1 Å². The average Bonchev–Trinajstić information content (AvgIpc) is 2.74. The second-order valence-corrected chi connectivity index (χ2v) is 26.6. The van der Waals surface area contributed by atoms with E-state index in [1.165, 1.54) is 30.4 Å². The molecular formula is C57H57N13O13S6. The molecule has 10 rings (SSSR count). The number of carboxylic acids is 2. The minimum absolute atomic E-state index is 0.0158. The molecule has 0 unspecified atom stereocenters. The third kappa shape index (κ3) is 14.7. The first-order chi connectivity index (χ1) is 42.7. The van der Waals surface area contributed by atoms with Gasteiger partial charge in [0.2, 0.25) is 11.8 Å². The Labute approximate surface area is 531 Å². The highest BCUT2D eigenvalue weighted by atomic mass is 32.1. The number of hydrogen-bond acceptors (Lipinski definition) is 24. The van der Waals surface area contributed by atoms with E-state index < -0.39 is 90.4 Å². The van der Waals surface area contributed by atoms with Gasteiger partial charge >= 0.3 is 18.0 Å². The van der Waals surface area contributed by atoms with E-state index in [1.54, 1.807) is 70.9 Å². The maximum atomic E-state index is 14.4. The van der Waals surface area contributed by atoms with Gasteiger partial charge in [-0.2, -0.15) is 0 Å². The molecule has 89 heavy (non-hydrogen) atoms. The number of pyridine rings is 1. The third-order valence-electron chi connectivity index (χ3n) is 14.2. The van der Waals surface area contributed by atoms with Crippen LogP contribution < -0.4 is 31.5 Å². The molecule has 0 radical (unpaired) electrons. The number of fused-ring (bicyclic) bond motifs is 14. The van der Waals surface area contributed by atoms with Gasteiger partial charge in [0.25, 0.3) is 17.7 Å². The number of rotatable bonds is 15. The lowest BCUT2D eigenvalue weighted by Crippen LogP contribution is -2.42. The number of benzene rings is 1. The summed E-state index contributed by atoms with van der Waals surface area (Å²) in [4.78, 5) is 142. The third-order valence-corrected chi connectivity index (χ3v) is 19.9. The topological polar surface area (TPSA) is 369 Å². The van der Waals surface area contributed by atoms with E-state index in [1.807, 2.05) is 13.8 Å². The van der Waals surface area contributed by atoms with E-state index in [0.29, 0.717) is 63.0 Å². The van der Waals surface area contributed by atoms with Crippen molar-refractivity contribution >= 4 is 121 Å². The molecule has 2 aliphatic rings. The summed E-state index contributed by atoms with van der Waals surface area (Å²) >= 11 is 6.92. The zero-order chi connectivity index (χ0) is 63.2. The Morgan fingerprint density at radius 2 is 1.43 bits per heavy atom. The van der Waals surface area contributed by atoms with Crippen LogP contribution in [0.3, 0.4) is 0 Å². The molecule has 1 aliphatic heterocycles. The van der Waals surface area contributed by atoms with Crippen molar-refractivity contribution in [3.63, 3.8) is 0 Å². The van der Waals surface area contributed by atoms with Crippen LogP contribution in [0, 0.1) is 18.8 Å². The highest BCUT2D eigenvalue weighted by Crippen LogP contribution is 2.41. The van der Waals surface area contributed by atoms with Gasteiger partial charge < -0.3 is 51.4 Å². The minimum Gasteiger partial charge on any atom is -0.481 e. The Morgan fingerprint density at radius 1 is 0.719 bits per heavy atom. The molecule has 8 heterocycles. The number of thiazole rings is 6. The van der Waals surface area contributed by atoms with Crippen LogP contribution in [-0.4, -0.2) is 131 Å². The van der Waals surface area contributed by atoms with Crippen LogP contribution in [-0.2, 0) is 35.3 Å². The summed E-state index contributed by atoms with van der Waals surface area (Å²) in [7, 11) is 2.91. The molecule has 0 saturated heterocycles. The first-order valence-corrected chi connectivity index (χ1v) is 32.8. The van der Waals surface area contributed by atoms with Crippen LogP contribution in [0.2, 0.25) is 0 Å². The van der Waals surface area contributed by atoms with Crippen molar-refractivity contribution in [2.75, 3.05) is 32.1 Å². The minimum atomic E-state index is -1.31. The van der Waals surface area contributed by atoms with Crippen molar-refractivity contribution in [2.45, 2.75) is 89.8 Å². The molecule has 4 atom stereocenters. The van der Waals surface area contributed by atoms with Crippen molar-refractivity contribution in [1.82, 2.24) is 61.5 Å². The fraction of sp³-hybridized carbons (Fsp3) is 0.351. The maximum absolute atomic E-state index is 14.4. The van der Waals surface area contributed by atoms with E-state index in [4.69, 9.17) is 34.4 Å². The van der Waals surface area contributed by atoms with Gasteiger partial charge in [-0.3, -0.25) is 38.5 Å². The number of aliphatic hydroxyl groups excluding tert-OH is 1. The Balaban J connectivity index is 1.04. The van der Waals surface area contributed by atoms with Crippen LogP contribution in [0.25, 0.3) is 43.4 Å². The Morgan fingerprint density at radius 3 is 2.16 bits per heavy atom. The summed E-state index contributed by atoms with van der Waals surface area (Å²) in [5.41, 5.74) is 2.24. The van der Waals surface area contributed by atoms with Gasteiger partial charge in [-0.15, -0.1) is 68.0 Å². The van der Waals surface area contributed by atoms with Crippen LogP contribution in [0.15, 0.2) is 64.0 Å². The second-order valence-electron chi connectivity index (χ2n) is 20.8. The summed E-state index contributed by atoms with van der Waals surface area (Å²) in [6.45, 7) is 4.80. The SMILES string of the molecule is CNC(=O)C[C@@H]1NC(=O)c2csc(n2)-c2ccc(-c3nc(N(CCCC(=O)O)C(=O)OC4CC(C(=O)O)C4)cs3)nc2-c2csc(n2)-c2csc(n2)[C@H]([C@@H](O)c2ccccc2)NC(=O)CNC(=O)c2nc(sc2COC)[C@H](C(C)C)NC(=O)c2nc1sc2C. The molecule has 1 aromatic carbocycles. The number of carbonyl (C=O) groups is 8. The summed E-state index contributed by atoms with van der Waals surface area (Å²) in [5, 5.41) is 53.4. The number of nitrogens with one attached hydrogen (secondary N) is 5. The number of hydrogen-bond donors (Lipinski definition) is 8. The quantitative estimate of drug-likeness (QED) is 0.0482. The standard InChI is InChI=1S/C57H57N13O13S6/c1-25(2)41-55-69-44(36(89-55)20-82-5)48(77)59-19-39(72)66-45(46(75)27-10-7-6-8-11-27)54-64-35(23-86-54)52-62-33(21-85-52)43-30(50-63-34(22-84-50)47(76)61-32(18-38(71)58-4)53-68-42(26(3)88-53)49(78)67-41)13-14-31(60-43)51-65-37(24-87-51)70(15-9-12-40(73)74)57(81)83-29-16-28(17-29)56(79)80/h6-8,10-11,13-14,21-25,28-29,32,41,45-46,75H,9,12,15-20H2,1-5H3,(H,58,71)(H,59,77)(H,61,76)(H,66,72)(H,67,78)(H,73,74)(H,79,80)/t28?,29?,32-,41-,45-,46-/m0/s1. The zero-order valence-electron chi connectivity index (χ0n) is 48.0. The first-order valence-electron chi connectivity index (χ1n) is 27.6. The van der Waals surface area contributed by atoms with E-state index in [9.17, 15) is 53.7 Å². The summed E-state index contributed by atoms with van der Waals surface area (Å²) < 4.78 is 11.1. The van der Waals surface area contributed by atoms with E-state index in [0.717, 1.165) is 56.7 Å². The fourth-order valence-corrected chi connectivity index (χ4v) is 15.0. The Bertz CT molecular complexity index is 3960. The highest BCUT2D eigenvalue weighted by Gasteiger charge is 2.39. The number of ether oxygens (including phenoxy) is 2. The molecule has 6 amide bonds. The van der Waals surface area contributed by atoms with Crippen LogP contribution >= 0.6 is 68.0 Å². The molecule has 32 heteroatoms. The lowest BCUT2D eigenvalue weighted by molar-refractivity contribution is -0.148. The first kappa shape index (κ1) is 63.6. The monoisotopic (exact) mass is 1320 g/mol. The van der Waals surface area contributed by atoms with Crippen LogP contribution in [0.5, 0.6) is 0 Å². The number of amides is 6. The fourth-order valence-electron chi connectivity index (χ4n) is 9.46. The normalized spacial score (nSPS) is 18.3. The molecule has 464 valence electrons. The van der Waals surface area contributed by atoms with Crippen molar-refractivity contribution in [1.29, 1.82) is 0 Å². The lowest BCUT2D eigenvalue weighted by atomic mass is 9.82. The number of anilines is 1. The maximum Gasteiger partial charge on any atom is 0.415 e. The molecule has 1 fully saturated rings. The summed E-state index contributed by atoms with van der Waals surface area (Å²) in [6.07, 6.45) is -2.95. The number of aliphatic hydroxyl groups is 1. The second kappa shape index (κ2) is 28.0. The smallest absolute Gasteiger partial charge is 0.415 e. The number of carbonyl (C=O) groups excluding carboxylic acids is 6. The molecule has 26 nitrogen and oxygen atoms in total. The van der Waals surface area contributed by atoms with E-state index in [-0.39, 0.29) is 84.8 Å². The van der Waals surface area contributed by atoms with Gasteiger partial charge in [0.1, 0.15) is 88.3 Å². The molecule has 8 aromatic rings. The summed E-state index contributed by atoms with van der Waals surface area (Å²) in [6, 6.07) is 9.18. The number of aromatic nitrogens is 7. The highest BCUT2D eigenvalue weighted by molar-refractivity contribution is 7.15. The summed E-state index contributed by atoms with van der Waals surface area (Å²) in [5.74, 6) is -5.85. The number of methoxy groups -OCH3 is 1. The van der Waals surface area contributed by atoms with Crippen molar-refractivity contribution in [3.05, 3.63) is 111 Å². The number of aryl methyl sites for hydroxylation is 1.